The number of anilines is 1. The fourth-order valence-corrected chi connectivity index (χ4v) is 1.96. The number of rotatable bonds is 5. The monoisotopic (exact) mass is 274 g/mol. The van der Waals surface area contributed by atoms with Crippen LogP contribution < -0.4 is 4.90 Å². The van der Waals surface area contributed by atoms with Crippen molar-refractivity contribution in [2.45, 2.75) is 26.8 Å². The lowest BCUT2D eigenvalue weighted by Gasteiger charge is -2.20. The van der Waals surface area contributed by atoms with Crippen molar-refractivity contribution in [3.63, 3.8) is 0 Å². The third-order valence-electron chi connectivity index (χ3n) is 3.17. The van der Waals surface area contributed by atoms with Gasteiger partial charge in [-0.15, -0.1) is 0 Å². The van der Waals surface area contributed by atoms with Crippen LogP contribution in [-0.4, -0.2) is 30.8 Å². The fourth-order valence-electron chi connectivity index (χ4n) is 1.96. The maximum atomic E-state index is 11.3. The first-order valence-corrected chi connectivity index (χ1v) is 6.67. The standard InChI is InChI=1S/C14H18N4O2/c1-4-18(5-2)12-8-6-11(7-9-12)15-16-13-10(3)17-20-14(13)19/h6-9,13H,4-5H2,1-3H3. The maximum Gasteiger partial charge on any atom is 0.367 e. The summed E-state index contributed by atoms with van der Waals surface area (Å²) in [6, 6.07) is 7.04. The van der Waals surface area contributed by atoms with Crippen molar-refractivity contribution in [3.8, 4) is 0 Å². The first-order valence-electron chi connectivity index (χ1n) is 6.67. The van der Waals surface area contributed by atoms with Gasteiger partial charge in [-0.2, -0.15) is 10.2 Å². The molecule has 2 rings (SSSR count). The summed E-state index contributed by atoms with van der Waals surface area (Å²) < 4.78 is 0. The zero-order valence-corrected chi connectivity index (χ0v) is 11.9. The van der Waals surface area contributed by atoms with Crippen LogP contribution >= 0.6 is 0 Å². The molecule has 0 aliphatic carbocycles. The fraction of sp³-hybridized carbons (Fsp3) is 0.429. The van der Waals surface area contributed by atoms with E-state index in [-0.39, 0.29) is 0 Å². The zero-order valence-electron chi connectivity index (χ0n) is 11.9. The van der Waals surface area contributed by atoms with Gasteiger partial charge in [0.25, 0.3) is 0 Å². The first-order chi connectivity index (χ1) is 9.65. The Morgan fingerprint density at radius 2 is 1.90 bits per heavy atom. The summed E-state index contributed by atoms with van der Waals surface area (Å²) in [4.78, 5) is 18.1. The van der Waals surface area contributed by atoms with E-state index in [9.17, 15) is 4.79 Å². The quantitative estimate of drug-likeness (QED) is 0.612. The summed E-state index contributed by atoms with van der Waals surface area (Å²) in [5.74, 6) is -0.481. The molecule has 0 fully saturated rings. The summed E-state index contributed by atoms with van der Waals surface area (Å²) in [6.07, 6.45) is 0. The van der Waals surface area contributed by atoms with Crippen molar-refractivity contribution in [1.82, 2.24) is 0 Å². The molecule has 0 aromatic heterocycles. The summed E-state index contributed by atoms with van der Waals surface area (Å²) in [6.45, 7) is 7.84. The summed E-state index contributed by atoms with van der Waals surface area (Å²) in [7, 11) is 0. The molecule has 1 aliphatic rings. The van der Waals surface area contributed by atoms with Crippen LogP contribution in [0.1, 0.15) is 20.8 Å². The Morgan fingerprint density at radius 3 is 2.40 bits per heavy atom. The molecule has 0 amide bonds. The van der Waals surface area contributed by atoms with E-state index in [0.29, 0.717) is 11.4 Å². The third-order valence-corrected chi connectivity index (χ3v) is 3.17. The minimum absolute atomic E-state index is 0.481. The van der Waals surface area contributed by atoms with Gasteiger partial charge in [-0.3, -0.25) is 0 Å². The second-order valence-electron chi connectivity index (χ2n) is 4.45. The number of azo groups is 1. The average Bonchev–Trinajstić information content (AvgIpc) is 2.78. The highest BCUT2D eigenvalue weighted by Gasteiger charge is 2.29. The van der Waals surface area contributed by atoms with Gasteiger partial charge in [-0.05, 0) is 45.0 Å². The van der Waals surface area contributed by atoms with Gasteiger partial charge >= 0.3 is 5.97 Å². The molecule has 0 N–H and O–H groups in total. The van der Waals surface area contributed by atoms with E-state index in [2.05, 4.69) is 39.0 Å². The zero-order chi connectivity index (χ0) is 14.5. The molecule has 1 aliphatic heterocycles. The van der Waals surface area contributed by atoms with E-state index in [1.54, 1.807) is 6.92 Å². The molecule has 1 atom stereocenters. The second kappa shape index (κ2) is 6.27. The van der Waals surface area contributed by atoms with Gasteiger partial charge in [0.15, 0.2) is 0 Å². The second-order valence-corrected chi connectivity index (χ2v) is 4.45. The van der Waals surface area contributed by atoms with E-state index in [1.807, 2.05) is 24.3 Å². The average molecular weight is 274 g/mol. The van der Waals surface area contributed by atoms with E-state index < -0.39 is 12.0 Å². The molecular formula is C14H18N4O2. The number of carbonyl (C=O) groups is 1. The normalized spacial score (nSPS) is 18.2. The van der Waals surface area contributed by atoms with Gasteiger partial charge in [-0.1, -0.05) is 5.16 Å². The highest BCUT2D eigenvalue weighted by molar-refractivity contribution is 6.07. The van der Waals surface area contributed by atoms with Crippen LogP contribution in [0.5, 0.6) is 0 Å². The topological polar surface area (TPSA) is 66.6 Å². The summed E-state index contributed by atoms with van der Waals surface area (Å²) >= 11 is 0. The Balaban J connectivity index is 2.07. The van der Waals surface area contributed by atoms with E-state index in [0.717, 1.165) is 18.8 Å². The SMILES string of the molecule is CCN(CC)c1ccc(N=NC2C(=O)ON=C2C)cc1. The Bertz CT molecular complexity index is 533. The van der Waals surface area contributed by atoms with Crippen molar-refractivity contribution in [2.24, 2.45) is 15.4 Å². The van der Waals surface area contributed by atoms with Crippen molar-refractivity contribution in [2.75, 3.05) is 18.0 Å². The molecule has 1 aromatic rings. The molecule has 6 heteroatoms. The third kappa shape index (κ3) is 3.01. The lowest BCUT2D eigenvalue weighted by molar-refractivity contribution is -0.141. The molecule has 0 saturated carbocycles. The van der Waals surface area contributed by atoms with Crippen molar-refractivity contribution >= 4 is 23.1 Å². The van der Waals surface area contributed by atoms with E-state index in [1.165, 1.54) is 0 Å². The van der Waals surface area contributed by atoms with Gasteiger partial charge in [0, 0.05) is 18.8 Å². The number of benzene rings is 1. The molecule has 106 valence electrons. The van der Waals surface area contributed by atoms with E-state index in [4.69, 9.17) is 0 Å². The predicted molar refractivity (Wildman–Crippen MR) is 77.5 cm³/mol. The van der Waals surface area contributed by atoms with Crippen molar-refractivity contribution in [1.29, 1.82) is 0 Å². The molecule has 0 radical (unpaired) electrons. The molecule has 0 bridgehead atoms. The lowest BCUT2D eigenvalue weighted by atomic mass is 10.2. The summed E-state index contributed by atoms with van der Waals surface area (Å²) in [5, 5.41) is 11.6. The Labute approximate surface area is 118 Å². The number of hydrogen-bond acceptors (Lipinski definition) is 6. The van der Waals surface area contributed by atoms with Gasteiger partial charge < -0.3 is 9.74 Å². The molecular weight excluding hydrogens is 256 g/mol. The van der Waals surface area contributed by atoms with Crippen LogP contribution in [0.15, 0.2) is 39.6 Å². The van der Waals surface area contributed by atoms with Crippen LogP contribution in [0.25, 0.3) is 0 Å². The number of hydrogen-bond donors (Lipinski definition) is 0. The van der Waals surface area contributed by atoms with Gasteiger partial charge in [-0.25, -0.2) is 4.79 Å². The predicted octanol–water partition coefficient (Wildman–Crippen LogP) is 2.92. The minimum Gasteiger partial charge on any atom is -0.372 e. The van der Waals surface area contributed by atoms with Gasteiger partial charge in [0.2, 0.25) is 6.04 Å². The van der Waals surface area contributed by atoms with Gasteiger partial charge in [0.05, 0.1) is 11.4 Å². The Hall–Kier alpha value is -2.24. The molecule has 0 saturated heterocycles. The molecule has 1 aromatic carbocycles. The highest BCUT2D eigenvalue weighted by Crippen LogP contribution is 2.21. The van der Waals surface area contributed by atoms with Crippen LogP contribution in [0, 0.1) is 0 Å². The number of carbonyl (C=O) groups excluding carboxylic acids is 1. The van der Waals surface area contributed by atoms with Gasteiger partial charge in [0.1, 0.15) is 0 Å². The van der Waals surface area contributed by atoms with Crippen LogP contribution in [0.3, 0.4) is 0 Å². The Kier molecular flexibility index (Phi) is 4.45. The van der Waals surface area contributed by atoms with Crippen LogP contribution in [0.2, 0.25) is 0 Å². The Morgan fingerprint density at radius 1 is 1.25 bits per heavy atom. The van der Waals surface area contributed by atoms with Crippen molar-refractivity contribution in [3.05, 3.63) is 24.3 Å². The van der Waals surface area contributed by atoms with Crippen LogP contribution in [-0.2, 0) is 9.63 Å². The smallest absolute Gasteiger partial charge is 0.367 e. The maximum absolute atomic E-state index is 11.3. The first kappa shape index (κ1) is 14.2. The molecule has 1 heterocycles. The highest BCUT2D eigenvalue weighted by atomic mass is 16.7. The lowest BCUT2D eigenvalue weighted by Crippen LogP contribution is -2.21. The molecule has 1 unspecified atom stereocenters. The molecule has 6 nitrogen and oxygen atoms in total. The molecule has 20 heavy (non-hydrogen) atoms. The summed E-state index contributed by atoms with van der Waals surface area (Å²) in [5.41, 5.74) is 2.37. The van der Waals surface area contributed by atoms with Crippen molar-refractivity contribution < 1.29 is 9.63 Å². The largest absolute Gasteiger partial charge is 0.372 e. The molecule has 0 spiro atoms. The number of nitrogens with zero attached hydrogens (tertiary/aromatic N) is 4. The van der Waals surface area contributed by atoms with E-state index >= 15 is 0 Å². The van der Waals surface area contributed by atoms with Crippen LogP contribution in [0.4, 0.5) is 11.4 Å². The number of oxime groups is 1. The minimum atomic E-state index is -0.711.